The van der Waals surface area contributed by atoms with Crippen molar-refractivity contribution < 1.29 is 13.5 Å². The summed E-state index contributed by atoms with van der Waals surface area (Å²) >= 11 is 11.9. The molecule has 1 rings (SSSR count). The summed E-state index contributed by atoms with van der Waals surface area (Å²) in [7, 11) is -2.24. The van der Waals surface area contributed by atoms with Crippen LogP contribution in [-0.2, 0) is 16.6 Å². The summed E-state index contributed by atoms with van der Waals surface area (Å²) in [5.41, 5.74) is -0.210. The van der Waals surface area contributed by atoms with Crippen LogP contribution in [0.1, 0.15) is 32.8 Å². The third-order valence-corrected chi connectivity index (χ3v) is 6.51. The van der Waals surface area contributed by atoms with Crippen LogP contribution in [0.3, 0.4) is 0 Å². The van der Waals surface area contributed by atoms with E-state index in [0.29, 0.717) is 12.0 Å². The molecule has 0 spiro atoms. The average Bonchev–Trinajstić information content (AvgIpc) is 2.37. The van der Waals surface area contributed by atoms with Crippen molar-refractivity contribution in [3.63, 3.8) is 0 Å². The molecule has 0 aliphatic heterocycles. The normalized spacial score (nSPS) is 13.0. The minimum absolute atomic E-state index is 0.0448. The first kappa shape index (κ1) is 17.7. The zero-order chi connectivity index (χ0) is 15.7. The molecule has 0 aliphatic carbocycles. The molecule has 0 heterocycles. The van der Waals surface area contributed by atoms with E-state index in [9.17, 15) is 13.5 Å². The van der Waals surface area contributed by atoms with Crippen molar-refractivity contribution in [3.05, 3.63) is 27.7 Å². The lowest BCUT2D eigenvalue weighted by molar-refractivity contribution is 0.257. The van der Waals surface area contributed by atoms with Crippen LogP contribution in [0, 0.1) is 0 Å². The highest BCUT2D eigenvalue weighted by molar-refractivity contribution is 7.89. The molecule has 114 valence electrons. The van der Waals surface area contributed by atoms with E-state index in [2.05, 4.69) is 0 Å². The van der Waals surface area contributed by atoms with Crippen LogP contribution in [0.15, 0.2) is 17.0 Å². The number of hydrogen-bond donors (Lipinski definition) is 1. The number of halogens is 2. The Bertz CT molecular complexity index is 600. The van der Waals surface area contributed by atoms with Gasteiger partial charge in [0.15, 0.2) is 0 Å². The molecule has 0 atom stereocenters. The second-order valence-electron chi connectivity index (χ2n) is 5.17. The average molecular weight is 340 g/mol. The molecule has 0 fully saturated rings. The Hall–Kier alpha value is -0.330. The van der Waals surface area contributed by atoms with E-state index in [1.165, 1.54) is 23.5 Å². The van der Waals surface area contributed by atoms with E-state index in [-0.39, 0.29) is 21.5 Å². The molecule has 1 N–H and O–H groups in total. The minimum atomic E-state index is -3.76. The number of sulfonamides is 1. The van der Waals surface area contributed by atoms with Crippen molar-refractivity contribution in [1.29, 1.82) is 0 Å². The van der Waals surface area contributed by atoms with Gasteiger partial charge in [-0.2, -0.15) is 4.31 Å². The van der Waals surface area contributed by atoms with Crippen LogP contribution in [0.5, 0.6) is 0 Å². The quantitative estimate of drug-likeness (QED) is 0.895. The molecular formula is C13H19Cl2NO3S. The third-order valence-electron chi connectivity index (χ3n) is 3.63. The summed E-state index contributed by atoms with van der Waals surface area (Å²) in [5.74, 6) is 0. The molecule has 0 aliphatic rings. The number of aliphatic hydroxyl groups is 1. The molecule has 7 heteroatoms. The maximum absolute atomic E-state index is 12.7. The lowest BCUT2D eigenvalue weighted by Crippen LogP contribution is -2.44. The molecular weight excluding hydrogens is 321 g/mol. The van der Waals surface area contributed by atoms with E-state index in [4.69, 9.17) is 23.2 Å². The van der Waals surface area contributed by atoms with Gasteiger partial charge in [-0.15, -0.1) is 0 Å². The van der Waals surface area contributed by atoms with Crippen LogP contribution in [0.4, 0.5) is 0 Å². The second-order valence-corrected chi connectivity index (χ2v) is 7.92. The smallest absolute Gasteiger partial charge is 0.244 e. The van der Waals surface area contributed by atoms with Gasteiger partial charge < -0.3 is 5.11 Å². The fraction of sp³-hybridized carbons (Fsp3) is 0.538. The summed E-state index contributed by atoms with van der Waals surface area (Å²) in [6.07, 6.45) is 0.654. The molecule has 0 bridgehead atoms. The standard InChI is InChI=1S/C13H19Cl2NO3S/c1-5-13(2,3)16(4)20(18,19)12-6-9(8-17)10(14)7-11(12)15/h6-7,17H,5,8H2,1-4H3. The first-order valence-electron chi connectivity index (χ1n) is 6.15. The minimum Gasteiger partial charge on any atom is -0.392 e. The zero-order valence-electron chi connectivity index (χ0n) is 11.9. The summed E-state index contributed by atoms with van der Waals surface area (Å²) < 4.78 is 26.6. The van der Waals surface area contributed by atoms with Gasteiger partial charge in [0.25, 0.3) is 0 Å². The largest absolute Gasteiger partial charge is 0.392 e. The molecule has 0 aromatic heterocycles. The van der Waals surface area contributed by atoms with Gasteiger partial charge in [-0.05, 0) is 38.0 Å². The van der Waals surface area contributed by atoms with E-state index in [1.54, 1.807) is 0 Å². The van der Waals surface area contributed by atoms with Crippen molar-refractivity contribution in [1.82, 2.24) is 4.31 Å². The maximum Gasteiger partial charge on any atom is 0.244 e. The Morgan fingerprint density at radius 3 is 2.25 bits per heavy atom. The van der Waals surface area contributed by atoms with Crippen molar-refractivity contribution in [2.24, 2.45) is 0 Å². The third kappa shape index (κ3) is 3.28. The van der Waals surface area contributed by atoms with Crippen LogP contribution in [0.25, 0.3) is 0 Å². The Morgan fingerprint density at radius 1 is 1.25 bits per heavy atom. The highest BCUT2D eigenvalue weighted by Crippen LogP contribution is 2.33. The first-order valence-corrected chi connectivity index (χ1v) is 8.35. The Labute approximate surface area is 130 Å². The maximum atomic E-state index is 12.7. The topological polar surface area (TPSA) is 57.6 Å². The Balaban J connectivity index is 3.43. The fourth-order valence-corrected chi connectivity index (χ4v) is 3.99. The summed E-state index contributed by atoms with van der Waals surface area (Å²) in [5, 5.41) is 9.50. The van der Waals surface area contributed by atoms with Crippen LogP contribution in [0.2, 0.25) is 10.0 Å². The molecule has 1 aromatic carbocycles. The second kappa shape index (κ2) is 6.20. The highest BCUT2D eigenvalue weighted by Gasteiger charge is 2.34. The van der Waals surface area contributed by atoms with E-state index >= 15 is 0 Å². The van der Waals surface area contributed by atoms with Crippen LogP contribution in [-0.4, -0.2) is 30.4 Å². The van der Waals surface area contributed by atoms with Gasteiger partial charge in [0.2, 0.25) is 10.0 Å². The van der Waals surface area contributed by atoms with E-state index < -0.39 is 15.6 Å². The fourth-order valence-electron chi connectivity index (χ4n) is 1.59. The number of aliphatic hydroxyl groups excluding tert-OH is 1. The molecule has 4 nitrogen and oxygen atoms in total. The lowest BCUT2D eigenvalue weighted by atomic mass is 10.0. The van der Waals surface area contributed by atoms with Crippen molar-refractivity contribution in [3.8, 4) is 0 Å². The monoisotopic (exact) mass is 339 g/mol. The van der Waals surface area contributed by atoms with Gasteiger partial charge in [-0.3, -0.25) is 0 Å². The van der Waals surface area contributed by atoms with Crippen LogP contribution < -0.4 is 0 Å². The van der Waals surface area contributed by atoms with Crippen molar-refractivity contribution >= 4 is 33.2 Å². The van der Waals surface area contributed by atoms with E-state index in [1.807, 2.05) is 20.8 Å². The molecule has 0 amide bonds. The number of nitrogens with zero attached hydrogens (tertiary/aromatic N) is 1. The zero-order valence-corrected chi connectivity index (χ0v) is 14.3. The number of hydrogen-bond acceptors (Lipinski definition) is 3. The highest BCUT2D eigenvalue weighted by atomic mass is 35.5. The van der Waals surface area contributed by atoms with Gasteiger partial charge in [0.05, 0.1) is 11.6 Å². The molecule has 0 saturated carbocycles. The Morgan fingerprint density at radius 2 is 1.80 bits per heavy atom. The van der Waals surface area contributed by atoms with Crippen molar-refractivity contribution in [2.75, 3.05) is 7.05 Å². The van der Waals surface area contributed by atoms with Crippen LogP contribution >= 0.6 is 23.2 Å². The molecule has 0 radical (unpaired) electrons. The Kier molecular flexibility index (Phi) is 5.49. The number of benzene rings is 1. The SMILES string of the molecule is CCC(C)(C)N(C)S(=O)(=O)c1cc(CO)c(Cl)cc1Cl. The molecule has 1 aromatic rings. The summed E-state index contributed by atoms with van der Waals surface area (Å²) in [4.78, 5) is -0.0448. The summed E-state index contributed by atoms with van der Waals surface area (Å²) in [6.45, 7) is 5.23. The van der Waals surface area contributed by atoms with Gasteiger partial charge in [0, 0.05) is 17.6 Å². The predicted octanol–water partition coefficient (Wildman–Crippen LogP) is 3.29. The number of rotatable bonds is 5. The lowest BCUT2D eigenvalue weighted by Gasteiger charge is -2.34. The molecule has 0 saturated heterocycles. The van der Waals surface area contributed by atoms with Gasteiger partial charge in [-0.1, -0.05) is 30.1 Å². The van der Waals surface area contributed by atoms with Gasteiger partial charge in [-0.25, -0.2) is 8.42 Å². The van der Waals surface area contributed by atoms with Gasteiger partial charge >= 0.3 is 0 Å². The van der Waals surface area contributed by atoms with E-state index in [0.717, 1.165) is 0 Å². The van der Waals surface area contributed by atoms with Crippen molar-refractivity contribution in [2.45, 2.75) is 44.2 Å². The summed E-state index contributed by atoms with van der Waals surface area (Å²) in [6, 6.07) is 2.66. The van der Waals surface area contributed by atoms with Gasteiger partial charge in [0.1, 0.15) is 4.90 Å². The molecule has 20 heavy (non-hydrogen) atoms. The first-order chi connectivity index (χ1) is 9.07. The molecule has 0 unspecified atom stereocenters. The predicted molar refractivity (Wildman–Crippen MR) is 81.7 cm³/mol.